The molecule has 0 radical (unpaired) electrons. The summed E-state index contributed by atoms with van der Waals surface area (Å²) in [5, 5.41) is 3.94. The van der Waals surface area contributed by atoms with Crippen molar-refractivity contribution in [1.82, 2.24) is 19.7 Å². The first-order valence-corrected chi connectivity index (χ1v) is 9.03. The molecule has 1 atom stereocenters. The van der Waals surface area contributed by atoms with Gasteiger partial charge in [-0.3, -0.25) is 4.79 Å². The molecule has 1 unspecified atom stereocenters. The van der Waals surface area contributed by atoms with Gasteiger partial charge in [-0.25, -0.2) is 19.0 Å². The Balaban J connectivity index is 1.74. The molecule has 0 aliphatic rings. The second kappa shape index (κ2) is 8.70. The van der Waals surface area contributed by atoms with Crippen LogP contribution in [0.4, 0.5) is 17.6 Å². The van der Waals surface area contributed by atoms with Crippen molar-refractivity contribution in [2.24, 2.45) is 5.41 Å². The fraction of sp³-hybridized carbons (Fsp3) is 0.300. The Morgan fingerprint density at radius 1 is 1.13 bits per heavy atom. The molecule has 0 aliphatic heterocycles. The molecule has 164 valence electrons. The van der Waals surface area contributed by atoms with Crippen LogP contribution in [0.1, 0.15) is 25.6 Å². The Bertz CT molecular complexity index is 1000. The molecule has 11 heteroatoms. The maximum Gasteiger partial charge on any atom is 0.417 e. The number of hydrogen-bond donors (Lipinski definition) is 0. The molecule has 2 heterocycles. The van der Waals surface area contributed by atoms with Crippen molar-refractivity contribution in [3.8, 4) is 11.6 Å². The van der Waals surface area contributed by atoms with E-state index in [1.807, 2.05) is 0 Å². The van der Waals surface area contributed by atoms with Crippen molar-refractivity contribution >= 4 is 5.78 Å². The van der Waals surface area contributed by atoms with Crippen LogP contribution in [0.5, 0.6) is 11.6 Å². The monoisotopic (exact) mass is 438 g/mol. The second-order valence-electron chi connectivity index (χ2n) is 7.22. The minimum Gasteiger partial charge on any atom is -0.477 e. The molecule has 0 saturated carbocycles. The Labute approximate surface area is 174 Å². The number of aromatic nitrogens is 4. The summed E-state index contributed by atoms with van der Waals surface area (Å²) in [7, 11) is 0. The fourth-order valence-corrected chi connectivity index (χ4v) is 2.50. The first-order chi connectivity index (χ1) is 14.6. The highest BCUT2D eigenvalue weighted by atomic mass is 19.4. The number of ketones is 1. The van der Waals surface area contributed by atoms with E-state index in [9.17, 15) is 22.4 Å². The number of benzene rings is 1. The Morgan fingerprint density at radius 2 is 1.84 bits per heavy atom. The van der Waals surface area contributed by atoms with Gasteiger partial charge in [0.25, 0.3) is 6.23 Å². The number of hydrogen-bond acceptors (Lipinski definition) is 6. The molecular weight excluding hydrogens is 420 g/mol. The molecule has 2 aromatic heterocycles. The van der Waals surface area contributed by atoms with Crippen molar-refractivity contribution in [3.63, 3.8) is 0 Å². The van der Waals surface area contributed by atoms with Crippen molar-refractivity contribution in [2.45, 2.75) is 26.3 Å². The maximum absolute atomic E-state index is 13.2. The summed E-state index contributed by atoms with van der Waals surface area (Å²) < 4.78 is 63.5. The lowest BCUT2D eigenvalue weighted by Crippen LogP contribution is -2.40. The van der Waals surface area contributed by atoms with E-state index in [2.05, 4.69) is 15.1 Å². The summed E-state index contributed by atoms with van der Waals surface area (Å²) in [5.41, 5.74) is -2.06. The van der Waals surface area contributed by atoms with E-state index in [1.165, 1.54) is 41.6 Å². The molecule has 3 rings (SSSR count). The van der Waals surface area contributed by atoms with E-state index in [0.29, 0.717) is 6.20 Å². The first-order valence-electron chi connectivity index (χ1n) is 9.03. The van der Waals surface area contributed by atoms with Crippen LogP contribution in [-0.2, 0) is 11.0 Å². The van der Waals surface area contributed by atoms with E-state index >= 15 is 0 Å². The molecule has 0 saturated heterocycles. The topological polar surface area (TPSA) is 79.1 Å². The summed E-state index contributed by atoms with van der Waals surface area (Å²) in [4.78, 5) is 20.6. The van der Waals surface area contributed by atoms with Gasteiger partial charge in [-0.1, -0.05) is 0 Å². The standard InChI is InChI=1S/C20H18F4N4O3/c1-19(2,10-30-16-8-3-13(9-26-16)20(22,23)24)17(29)18(28-12-25-11-27-28)31-15-6-4-14(21)5-7-15/h3-9,11-12,18H,10H2,1-2H3. The third-order valence-corrected chi connectivity index (χ3v) is 4.27. The number of Topliss-reactive ketones (excluding diaryl/α,β-unsaturated/α-hetero) is 1. The summed E-state index contributed by atoms with van der Waals surface area (Å²) >= 11 is 0. The van der Waals surface area contributed by atoms with E-state index < -0.39 is 35.0 Å². The van der Waals surface area contributed by atoms with Crippen LogP contribution in [0.25, 0.3) is 0 Å². The van der Waals surface area contributed by atoms with E-state index in [-0.39, 0.29) is 18.2 Å². The number of halogens is 4. The SMILES string of the molecule is CC(C)(COc1ccc(C(F)(F)F)cn1)C(=O)C(Oc1ccc(F)cc1)n1cncn1. The van der Waals surface area contributed by atoms with Gasteiger partial charge in [-0.2, -0.15) is 18.3 Å². The molecule has 31 heavy (non-hydrogen) atoms. The molecular formula is C20H18F4N4O3. The molecule has 0 N–H and O–H groups in total. The normalized spacial score (nSPS) is 13.0. The van der Waals surface area contributed by atoms with Gasteiger partial charge in [0.05, 0.1) is 11.0 Å². The summed E-state index contributed by atoms with van der Waals surface area (Å²) in [5.74, 6) is -0.745. The zero-order chi connectivity index (χ0) is 22.6. The predicted octanol–water partition coefficient (Wildman–Crippen LogP) is 4.08. The molecule has 0 amide bonds. The number of pyridine rings is 1. The van der Waals surface area contributed by atoms with Gasteiger partial charge in [-0.05, 0) is 44.2 Å². The van der Waals surface area contributed by atoms with Gasteiger partial charge >= 0.3 is 6.18 Å². The summed E-state index contributed by atoms with van der Waals surface area (Å²) in [6, 6.07) is 7.01. The number of alkyl halides is 3. The second-order valence-corrected chi connectivity index (χ2v) is 7.22. The number of ether oxygens (including phenoxy) is 2. The first kappa shape index (κ1) is 22.2. The van der Waals surface area contributed by atoms with Crippen LogP contribution in [0.2, 0.25) is 0 Å². The highest BCUT2D eigenvalue weighted by molar-refractivity contribution is 5.87. The quantitative estimate of drug-likeness (QED) is 0.493. The maximum atomic E-state index is 13.2. The van der Waals surface area contributed by atoms with Crippen molar-refractivity contribution < 1.29 is 31.8 Å². The molecule has 0 bridgehead atoms. The number of rotatable bonds is 8. The van der Waals surface area contributed by atoms with Crippen LogP contribution in [0.3, 0.4) is 0 Å². The molecule has 7 nitrogen and oxygen atoms in total. The van der Waals surface area contributed by atoms with Crippen molar-refractivity contribution in [3.05, 3.63) is 66.6 Å². The third-order valence-electron chi connectivity index (χ3n) is 4.27. The Kier molecular flexibility index (Phi) is 6.23. The van der Waals surface area contributed by atoms with E-state index in [1.54, 1.807) is 13.8 Å². The van der Waals surface area contributed by atoms with Crippen molar-refractivity contribution in [1.29, 1.82) is 0 Å². The number of carbonyl (C=O) groups excluding carboxylic acids is 1. The highest BCUT2D eigenvalue weighted by Gasteiger charge is 2.38. The molecule has 0 fully saturated rings. The van der Waals surface area contributed by atoms with Gasteiger partial charge in [0.1, 0.15) is 30.8 Å². The number of carbonyl (C=O) groups is 1. The zero-order valence-electron chi connectivity index (χ0n) is 16.5. The lowest BCUT2D eigenvalue weighted by molar-refractivity contribution is -0.140. The lowest BCUT2D eigenvalue weighted by Gasteiger charge is -2.28. The average Bonchev–Trinajstić information content (AvgIpc) is 3.25. The van der Waals surface area contributed by atoms with Crippen molar-refractivity contribution in [2.75, 3.05) is 6.61 Å². The highest BCUT2D eigenvalue weighted by Crippen LogP contribution is 2.30. The van der Waals surface area contributed by atoms with Gasteiger partial charge in [0.15, 0.2) is 0 Å². The van der Waals surface area contributed by atoms with Crippen LogP contribution in [0, 0.1) is 11.2 Å². The number of nitrogens with zero attached hydrogens (tertiary/aromatic N) is 4. The van der Waals surface area contributed by atoms with E-state index in [0.717, 1.165) is 12.1 Å². The van der Waals surface area contributed by atoms with Gasteiger partial charge in [0, 0.05) is 12.3 Å². The minimum atomic E-state index is -4.51. The minimum absolute atomic E-state index is 0.0642. The van der Waals surface area contributed by atoms with Crippen LogP contribution in [0.15, 0.2) is 55.2 Å². The summed E-state index contributed by atoms with van der Waals surface area (Å²) in [6.07, 6.45) is -2.57. The third kappa shape index (κ3) is 5.56. The Morgan fingerprint density at radius 3 is 2.39 bits per heavy atom. The van der Waals surface area contributed by atoms with Crippen LogP contribution < -0.4 is 9.47 Å². The van der Waals surface area contributed by atoms with Gasteiger partial charge in [-0.15, -0.1) is 0 Å². The van der Waals surface area contributed by atoms with Crippen LogP contribution >= 0.6 is 0 Å². The van der Waals surface area contributed by atoms with Crippen LogP contribution in [-0.4, -0.2) is 32.1 Å². The largest absolute Gasteiger partial charge is 0.477 e. The van der Waals surface area contributed by atoms with Gasteiger partial charge < -0.3 is 9.47 Å². The lowest BCUT2D eigenvalue weighted by atomic mass is 9.88. The average molecular weight is 438 g/mol. The molecule has 3 aromatic rings. The predicted molar refractivity (Wildman–Crippen MR) is 99.6 cm³/mol. The van der Waals surface area contributed by atoms with E-state index in [4.69, 9.17) is 9.47 Å². The summed E-state index contributed by atoms with van der Waals surface area (Å²) in [6.45, 7) is 2.97. The molecule has 0 spiro atoms. The molecule has 1 aromatic carbocycles. The Hall–Kier alpha value is -3.50. The molecule has 0 aliphatic carbocycles. The van der Waals surface area contributed by atoms with Gasteiger partial charge in [0.2, 0.25) is 11.7 Å². The fourth-order valence-electron chi connectivity index (χ4n) is 2.50. The smallest absolute Gasteiger partial charge is 0.417 e. The zero-order valence-corrected chi connectivity index (χ0v) is 16.5.